The largest absolute Gasteiger partial charge is 0.481 e. The van der Waals surface area contributed by atoms with E-state index in [4.69, 9.17) is 21.4 Å². The number of aryl methyl sites for hydroxylation is 1. The number of aliphatic imine (C=N–C) groups is 1. The zero-order chi connectivity index (χ0) is 27.5. The van der Waals surface area contributed by atoms with Crippen LogP contribution >= 0.6 is 11.6 Å². The van der Waals surface area contributed by atoms with Crippen molar-refractivity contribution in [2.24, 2.45) is 16.8 Å². The molecule has 3 atom stereocenters. The molecule has 0 bridgehead atoms. The van der Waals surface area contributed by atoms with Crippen molar-refractivity contribution in [1.82, 2.24) is 10.2 Å². The molecular formula is C29H38ClN3O4. The Morgan fingerprint density at radius 1 is 1.16 bits per heavy atom. The second kappa shape index (κ2) is 14.4. The summed E-state index contributed by atoms with van der Waals surface area (Å²) in [5.74, 6) is 0.454. The number of nitrogens with zero attached hydrogens (tertiary/aromatic N) is 2. The molecule has 8 heteroatoms. The minimum atomic E-state index is -0.605. The molecule has 1 saturated carbocycles. The van der Waals surface area contributed by atoms with Gasteiger partial charge >= 0.3 is 12.1 Å². The number of alkyl carbamates (subject to hydrolysis) is 1. The fraction of sp³-hybridized carbons (Fsp3) is 0.414. The van der Waals surface area contributed by atoms with Gasteiger partial charge in [-0.25, -0.2) is 4.79 Å². The molecular weight excluding hydrogens is 490 g/mol. The van der Waals surface area contributed by atoms with E-state index in [1.54, 1.807) is 17.9 Å². The van der Waals surface area contributed by atoms with E-state index in [1.165, 1.54) is 6.42 Å². The Labute approximate surface area is 225 Å². The second-order valence-corrected chi connectivity index (χ2v) is 10.0. The SMILES string of the molecule is C=N/C(=C(/NC(=O)OC(C)c1ccccc1Cl)N(C)C)c1ccc(C)cc1.C[C@H]1CCCC(C(=O)O)C1. The third kappa shape index (κ3) is 9.25. The van der Waals surface area contributed by atoms with E-state index in [2.05, 4.69) is 24.0 Å². The summed E-state index contributed by atoms with van der Waals surface area (Å²) >= 11 is 6.17. The molecule has 0 heterocycles. The first-order valence-corrected chi connectivity index (χ1v) is 12.8. The lowest BCUT2D eigenvalue weighted by atomic mass is 9.83. The zero-order valence-electron chi connectivity index (χ0n) is 22.3. The Bertz CT molecular complexity index is 1100. The van der Waals surface area contributed by atoms with E-state index >= 15 is 0 Å². The molecule has 7 nitrogen and oxygen atoms in total. The zero-order valence-corrected chi connectivity index (χ0v) is 23.1. The number of benzene rings is 2. The standard InChI is InChI=1S/C21H24ClN3O2.C8H14O2/c1-14-10-12-16(13-11-14)19(23-3)20(25(4)5)24-21(26)27-15(2)17-8-6-7-9-18(17)22;1-6-3-2-4-7(5-6)8(9)10/h6-13,15H,3H2,1-2,4-5H3,(H,24,26);6-7H,2-5H2,1H3,(H,9,10)/b20-19-;/t;6-,7?/m.0/s1. The van der Waals surface area contributed by atoms with Crippen LogP contribution in [-0.4, -0.2) is 42.9 Å². The quantitative estimate of drug-likeness (QED) is 0.381. The fourth-order valence-electron chi connectivity index (χ4n) is 4.21. The Morgan fingerprint density at radius 2 is 1.81 bits per heavy atom. The second-order valence-electron chi connectivity index (χ2n) is 9.62. The van der Waals surface area contributed by atoms with Gasteiger partial charge in [-0.15, -0.1) is 0 Å². The van der Waals surface area contributed by atoms with Crippen LogP contribution < -0.4 is 5.32 Å². The summed E-state index contributed by atoms with van der Waals surface area (Å²) in [6, 6.07) is 15.1. The number of rotatable bonds is 7. The summed E-state index contributed by atoms with van der Waals surface area (Å²) in [6.45, 7) is 9.56. The lowest BCUT2D eigenvalue weighted by molar-refractivity contribution is -0.143. The van der Waals surface area contributed by atoms with Crippen LogP contribution in [0, 0.1) is 18.8 Å². The lowest BCUT2D eigenvalue weighted by Crippen LogP contribution is -2.33. The van der Waals surface area contributed by atoms with E-state index in [-0.39, 0.29) is 5.92 Å². The number of carboxylic acids is 1. The third-order valence-electron chi connectivity index (χ3n) is 6.29. The molecule has 1 aliphatic rings. The van der Waals surface area contributed by atoms with Crippen molar-refractivity contribution in [2.75, 3.05) is 14.1 Å². The van der Waals surface area contributed by atoms with Gasteiger partial charge in [-0.05, 0) is 45.4 Å². The minimum Gasteiger partial charge on any atom is -0.481 e. The molecule has 2 N–H and O–H groups in total. The topological polar surface area (TPSA) is 91.2 Å². The van der Waals surface area contributed by atoms with Crippen LogP contribution in [0.1, 0.15) is 62.3 Å². The van der Waals surface area contributed by atoms with Crippen LogP contribution in [0.15, 0.2) is 59.3 Å². The Hall–Kier alpha value is -3.32. The van der Waals surface area contributed by atoms with Crippen molar-refractivity contribution in [3.8, 4) is 0 Å². The van der Waals surface area contributed by atoms with E-state index in [9.17, 15) is 9.59 Å². The van der Waals surface area contributed by atoms with Gasteiger partial charge in [0.05, 0.1) is 5.92 Å². The van der Waals surface area contributed by atoms with Crippen molar-refractivity contribution in [2.45, 2.75) is 52.6 Å². The summed E-state index contributed by atoms with van der Waals surface area (Å²) in [6.07, 6.45) is 2.98. The van der Waals surface area contributed by atoms with E-state index in [1.807, 2.05) is 63.5 Å². The molecule has 0 aliphatic heterocycles. The molecule has 200 valence electrons. The number of nitrogens with one attached hydrogen (secondary N) is 1. The number of carbonyl (C=O) groups is 2. The summed E-state index contributed by atoms with van der Waals surface area (Å²) in [4.78, 5) is 28.8. The van der Waals surface area contributed by atoms with Crippen LogP contribution in [0.3, 0.4) is 0 Å². The number of hydrogen-bond acceptors (Lipinski definition) is 5. The van der Waals surface area contributed by atoms with Crippen LogP contribution in [-0.2, 0) is 9.53 Å². The monoisotopic (exact) mass is 527 g/mol. The summed E-state index contributed by atoms with van der Waals surface area (Å²) in [7, 11) is 3.62. The molecule has 2 aromatic carbocycles. The highest BCUT2D eigenvalue weighted by atomic mass is 35.5. The van der Waals surface area contributed by atoms with Crippen molar-refractivity contribution < 1.29 is 19.4 Å². The van der Waals surface area contributed by atoms with Crippen LogP contribution in [0.4, 0.5) is 4.79 Å². The highest BCUT2D eigenvalue weighted by Gasteiger charge is 2.24. The number of hydrogen-bond donors (Lipinski definition) is 2. The van der Waals surface area contributed by atoms with Crippen molar-refractivity contribution in [3.63, 3.8) is 0 Å². The van der Waals surface area contributed by atoms with Crippen molar-refractivity contribution >= 4 is 36.1 Å². The predicted octanol–water partition coefficient (Wildman–Crippen LogP) is 6.92. The van der Waals surface area contributed by atoms with Gasteiger partial charge < -0.3 is 14.7 Å². The molecule has 0 saturated heterocycles. The molecule has 3 rings (SSSR count). The van der Waals surface area contributed by atoms with E-state index < -0.39 is 18.2 Å². The summed E-state index contributed by atoms with van der Waals surface area (Å²) in [5.41, 5.74) is 3.28. The molecule has 0 radical (unpaired) electrons. The maximum Gasteiger partial charge on any atom is 0.413 e. The van der Waals surface area contributed by atoms with Crippen molar-refractivity contribution in [1.29, 1.82) is 0 Å². The Balaban J connectivity index is 0.000000402. The molecule has 1 aliphatic carbocycles. The first kappa shape index (κ1) is 29.9. The van der Waals surface area contributed by atoms with Gasteiger partial charge in [-0.2, -0.15) is 0 Å². The van der Waals surface area contributed by atoms with Crippen LogP contribution in [0.5, 0.6) is 0 Å². The van der Waals surface area contributed by atoms with Gasteiger partial charge in [0.15, 0.2) is 0 Å². The Morgan fingerprint density at radius 3 is 2.32 bits per heavy atom. The lowest BCUT2D eigenvalue weighted by Gasteiger charge is -2.22. The molecule has 0 spiro atoms. The van der Waals surface area contributed by atoms with E-state index in [0.717, 1.165) is 36.0 Å². The first-order chi connectivity index (χ1) is 17.5. The maximum absolute atomic E-state index is 12.5. The van der Waals surface area contributed by atoms with Gasteiger partial charge in [0.2, 0.25) is 0 Å². The number of amides is 1. The average Bonchev–Trinajstić information content (AvgIpc) is 2.85. The van der Waals surface area contributed by atoms with Crippen LogP contribution in [0.25, 0.3) is 5.70 Å². The van der Waals surface area contributed by atoms with E-state index in [0.29, 0.717) is 22.5 Å². The smallest absolute Gasteiger partial charge is 0.413 e. The molecule has 1 amide bonds. The highest BCUT2D eigenvalue weighted by Crippen LogP contribution is 2.28. The molecule has 0 aromatic heterocycles. The molecule has 1 fully saturated rings. The van der Waals surface area contributed by atoms with Crippen molar-refractivity contribution in [3.05, 3.63) is 76.1 Å². The third-order valence-corrected chi connectivity index (χ3v) is 6.63. The predicted molar refractivity (Wildman–Crippen MR) is 150 cm³/mol. The van der Waals surface area contributed by atoms with Gasteiger partial charge in [-0.1, -0.05) is 79.4 Å². The fourth-order valence-corrected chi connectivity index (χ4v) is 4.50. The number of carboxylic acid groups (broad SMARTS) is 1. The maximum atomic E-state index is 12.5. The highest BCUT2D eigenvalue weighted by molar-refractivity contribution is 6.31. The van der Waals surface area contributed by atoms with Gasteiger partial charge in [0, 0.05) is 30.2 Å². The molecule has 2 aromatic rings. The van der Waals surface area contributed by atoms with Gasteiger partial charge in [-0.3, -0.25) is 15.1 Å². The minimum absolute atomic E-state index is 0.0521. The number of halogens is 1. The number of aliphatic carboxylic acids is 1. The number of ether oxygens (including phenoxy) is 1. The summed E-state index contributed by atoms with van der Waals surface area (Å²) in [5, 5.41) is 12.0. The van der Waals surface area contributed by atoms with Crippen LogP contribution in [0.2, 0.25) is 5.02 Å². The Kier molecular flexibility index (Phi) is 11.7. The number of carbonyl (C=O) groups excluding carboxylic acids is 1. The average molecular weight is 528 g/mol. The molecule has 37 heavy (non-hydrogen) atoms. The first-order valence-electron chi connectivity index (χ1n) is 12.4. The normalized spacial score (nSPS) is 18.3. The molecule has 2 unspecified atom stereocenters. The summed E-state index contributed by atoms with van der Waals surface area (Å²) < 4.78 is 5.49. The van der Waals surface area contributed by atoms with Gasteiger partial charge in [0.25, 0.3) is 0 Å². The van der Waals surface area contributed by atoms with Gasteiger partial charge in [0.1, 0.15) is 17.6 Å².